The summed E-state index contributed by atoms with van der Waals surface area (Å²) in [5.41, 5.74) is 3.95. The molecule has 0 bridgehead atoms. The summed E-state index contributed by atoms with van der Waals surface area (Å²) in [6, 6.07) is 4.11. The molecule has 0 aliphatic heterocycles. The Morgan fingerprint density at radius 1 is 1.39 bits per heavy atom. The molecule has 1 aromatic carbocycles. The van der Waals surface area contributed by atoms with Crippen LogP contribution < -0.4 is 0 Å². The van der Waals surface area contributed by atoms with Gasteiger partial charge in [0.1, 0.15) is 5.01 Å². The van der Waals surface area contributed by atoms with Gasteiger partial charge in [-0.1, -0.05) is 15.9 Å². The van der Waals surface area contributed by atoms with E-state index in [1.54, 1.807) is 5.38 Å². The van der Waals surface area contributed by atoms with Crippen molar-refractivity contribution in [3.05, 3.63) is 38.8 Å². The van der Waals surface area contributed by atoms with Gasteiger partial charge in [0, 0.05) is 15.4 Å². The second-order valence-corrected chi connectivity index (χ2v) is 5.79. The van der Waals surface area contributed by atoms with Gasteiger partial charge < -0.3 is 5.11 Å². The maximum absolute atomic E-state index is 10.6. The van der Waals surface area contributed by atoms with E-state index in [2.05, 4.69) is 33.0 Å². The summed E-state index contributed by atoms with van der Waals surface area (Å²) in [6.45, 7) is 4.07. The number of nitrogens with zero attached hydrogens (tertiary/aromatic N) is 1. The van der Waals surface area contributed by atoms with Gasteiger partial charge in [0.05, 0.1) is 12.1 Å². The maximum atomic E-state index is 10.6. The Morgan fingerprint density at radius 2 is 2.00 bits per heavy atom. The molecule has 0 saturated carbocycles. The van der Waals surface area contributed by atoms with E-state index < -0.39 is 5.97 Å². The zero-order valence-electron chi connectivity index (χ0n) is 10.0. The van der Waals surface area contributed by atoms with Crippen LogP contribution in [0.15, 0.2) is 22.0 Å². The molecule has 18 heavy (non-hydrogen) atoms. The minimum Gasteiger partial charge on any atom is -0.481 e. The Kier molecular flexibility index (Phi) is 3.82. The Balaban J connectivity index is 2.37. The number of halogens is 1. The van der Waals surface area contributed by atoms with Gasteiger partial charge in [-0.05, 0) is 37.1 Å². The van der Waals surface area contributed by atoms with Crippen molar-refractivity contribution in [1.29, 1.82) is 0 Å². The first-order valence-electron chi connectivity index (χ1n) is 5.40. The summed E-state index contributed by atoms with van der Waals surface area (Å²) in [7, 11) is 0. The zero-order chi connectivity index (χ0) is 13.3. The van der Waals surface area contributed by atoms with Crippen LogP contribution in [-0.2, 0) is 11.2 Å². The van der Waals surface area contributed by atoms with Crippen molar-refractivity contribution in [3.8, 4) is 10.6 Å². The van der Waals surface area contributed by atoms with Crippen LogP contribution in [0.4, 0.5) is 0 Å². The lowest BCUT2D eigenvalue weighted by atomic mass is 10.1. The fourth-order valence-corrected chi connectivity index (χ4v) is 2.78. The van der Waals surface area contributed by atoms with Crippen LogP contribution >= 0.6 is 27.3 Å². The SMILES string of the molecule is Cc1cc(-c2nc(CC(=O)O)cs2)cc(C)c1Br. The minimum atomic E-state index is -0.852. The molecule has 5 heteroatoms. The molecule has 1 N–H and O–H groups in total. The van der Waals surface area contributed by atoms with Gasteiger partial charge in [0.25, 0.3) is 0 Å². The maximum Gasteiger partial charge on any atom is 0.309 e. The summed E-state index contributed by atoms with van der Waals surface area (Å²) in [4.78, 5) is 15.0. The van der Waals surface area contributed by atoms with Crippen molar-refractivity contribution in [1.82, 2.24) is 4.98 Å². The molecule has 2 rings (SSSR count). The zero-order valence-corrected chi connectivity index (χ0v) is 12.4. The molecule has 94 valence electrons. The van der Waals surface area contributed by atoms with Crippen molar-refractivity contribution in [3.63, 3.8) is 0 Å². The average Bonchev–Trinajstić information content (AvgIpc) is 2.72. The van der Waals surface area contributed by atoms with E-state index in [9.17, 15) is 4.79 Å². The molecule has 0 unspecified atom stereocenters. The van der Waals surface area contributed by atoms with E-state index in [1.807, 2.05) is 13.8 Å². The fraction of sp³-hybridized carbons (Fsp3) is 0.231. The highest BCUT2D eigenvalue weighted by molar-refractivity contribution is 9.10. The molecule has 0 saturated heterocycles. The molecule has 0 atom stereocenters. The highest BCUT2D eigenvalue weighted by Crippen LogP contribution is 2.30. The van der Waals surface area contributed by atoms with Crippen LogP contribution in [0.5, 0.6) is 0 Å². The van der Waals surface area contributed by atoms with Crippen LogP contribution in [0, 0.1) is 13.8 Å². The number of benzene rings is 1. The first kappa shape index (κ1) is 13.2. The van der Waals surface area contributed by atoms with E-state index in [1.165, 1.54) is 11.3 Å². The molecule has 0 aliphatic carbocycles. The molecular weight excluding hydrogens is 314 g/mol. The van der Waals surface area contributed by atoms with Crippen LogP contribution in [0.1, 0.15) is 16.8 Å². The highest BCUT2D eigenvalue weighted by atomic mass is 79.9. The van der Waals surface area contributed by atoms with Crippen LogP contribution in [0.3, 0.4) is 0 Å². The van der Waals surface area contributed by atoms with Gasteiger partial charge >= 0.3 is 5.97 Å². The second-order valence-electron chi connectivity index (χ2n) is 4.14. The Bertz CT molecular complexity index is 584. The van der Waals surface area contributed by atoms with E-state index >= 15 is 0 Å². The predicted molar refractivity (Wildman–Crippen MR) is 76.1 cm³/mol. The molecule has 1 aromatic heterocycles. The summed E-state index contributed by atoms with van der Waals surface area (Å²) in [5, 5.41) is 11.4. The molecular formula is C13H12BrNO2S. The molecule has 0 aliphatic rings. The van der Waals surface area contributed by atoms with Crippen LogP contribution in [0.2, 0.25) is 0 Å². The number of hydrogen-bond acceptors (Lipinski definition) is 3. The summed E-state index contributed by atoms with van der Waals surface area (Å²) >= 11 is 5.01. The monoisotopic (exact) mass is 325 g/mol. The van der Waals surface area contributed by atoms with Crippen molar-refractivity contribution in [2.24, 2.45) is 0 Å². The number of aryl methyl sites for hydroxylation is 2. The van der Waals surface area contributed by atoms with Gasteiger partial charge in [-0.3, -0.25) is 4.79 Å². The average molecular weight is 326 g/mol. The number of carbonyl (C=O) groups is 1. The topological polar surface area (TPSA) is 50.2 Å². The van der Waals surface area contributed by atoms with E-state index in [-0.39, 0.29) is 6.42 Å². The molecule has 0 fully saturated rings. The number of carboxylic acid groups (broad SMARTS) is 1. The van der Waals surface area contributed by atoms with Gasteiger partial charge in [-0.2, -0.15) is 0 Å². The third kappa shape index (κ3) is 2.79. The van der Waals surface area contributed by atoms with E-state index in [0.717, 1.165) is 26.2 Å². The summed E-state index contributed by atoms with van der Waals surface area (Å²) in [5.74, 6) is -0.852. The van der Waals surface area contributed by atoms with Gasteiger partial charge in [-0.15, -0.1) is 11.3 Å². The minimum absolute atomic E-state index is 0.0228. The lowest BCUT2D eigenvalue weighted by Gasteiger charge is -2.05. The molecule has 1 heterocycles. The Morgan fingerprint density at radius 3 is 2.56 bits per heavy atom. The molecule has 0 spiro atoms. The normalized spacial score (nSPS) is 10.6. The van der Waals surface area contributed by atoms with Crippen molar-refractivity contribution >= 4 is 33.2 Å². The molecule has 0 radical (unpaired) electrons. The summed E-state index contributed by atoms with van der Waals surface area (Å²) < 4.78 is 1.11. The van der Waals surface area contributed by atoms with Crippen LogP contribution in [-0.4, -0.2) is 16.1 Å². The Labute approximate surface area is 118 Å². The van der Waals surface area contributed by atoms with Crippen molar-refractivity contribution in [2.75, 3.05) is 0 Å². The molecule has 2 aromatic rings. The lowest BCUT2D eigenvalue weighted by Crippen LogP contribution is -1.99. The fourth-order valence-electron chi connectivity index (χ4n) is 1.75. The third-order valence-electron chi connectivity index (χ3n) is 2.57. The Hall–Kier alpha value is -1.20. The van der Waals surface area contributed by atoms with E-state index in [4.69, 9.17) is 5.11 Å². The smallest absolute Gasteiger partial charge is 0.309 e. The van der Waals surface area contributed by atoms with Crippen LogP contribution in [0.25, 0.3) is 10.6 Å². The van der Waals surface area contributed by atoms with Crippen molar-refractivity contribution in [2.45, 2.75) is 20.3 Å². The van der Waals surface area contributed by atoms with Gasteiger partial charge in [-0.25, -0.2) is 4.98 Å². The number of rotatable bonds is 3. The number of thiazole rings is 1. The molecule has 0 amide bonds. The second kappa shape index (κ2) is 5.20. The predicted octanol–water partition coefficient (Wildman–Crippen LogP) is 3.82. The van der Waals surface area contributed by atoms with Gasteiger partial charge in [0.15, 0.2) is 0 Å². The number of carboxylic acids is 1. The quantitative estimate of drug-likeness (QED) is 0.933. The highest BCUT2D eigenvalue weighted by Gasteiger charge is 2.10. The third-order valence-corrected chi connectivity index (χ3v) is 4.76. The largest absolute Gasteiger partial charge is 0.481 e. The van der Waals surface area contributed by atoms with Crippen molar-refractivity contribution < 1.29 is 9.90 Å². The molecule has 3 nitrogen and oxygen atoms in total. The lowest BCUT2D eigenvalue weighted by molar-refractivity contribution is -0.136. The first-order valence-corrected chi connectivity index (χ1v) is 7.08. The number of aliphatic carboxylic acids is 1. The first-order chi connectivity index (χ1) is 8.47. The number of hydrogen-bond donors (Lipinski definition) is 1. The van der Waals surface area contributed by atoms with E-state index in [0.29, 0.717) is 5.69 Å². The van der Waals surface area contributed by atoms with Gasteiger partial charge in [0.2, 0.25) is 0 Å². The standard InChI is InChI=1S/C13H12BrNO2S/c1-7-3-9(4-8(2)12(7)14)13-15-10(6-18-13)5-11(16)17/h3-4,6H,5H2,1-2H3,(H,16,17). The summed E-state index contributed by atoms with van der Waals surface area (Å²) in [6.07, 6.45) is -0.0228. The number of aromatic nitrogens is 1.